The summed E-state index contributed by atoms with van der Waals surface area (Å²) in [5.41, 5.74) is 1.09. The van der Waals surface area contributed by atoms with Crippen LogP contribution in [0.5, 0.6) is 5.75 Å². The van der Waals surface area contributed by atoms with Crippen molar-refractivity contribution in [1.29, 1.82) is 0 Å². The van der Waals surface area contributed by atoms with Crippen molar-refractivity contribution < 1.29 is 9.53 Å². The van der Waals surface area contributed by atoms with Crippen molar-refractivity contribution in [2.24, 2.45) is 0 Å². The molecule has 2 heterocycles. The SMILES string of the molecule is O=C(NCCCc1ncn[nH]1)C1Cc2ccccc2O1. The average molecular weight is 272 g/mol. The zero-order valence-electron chi connectivity index (χ0n) is 11.0. The summed E-state index contributed by atoms with van der Waals surface area (Å²) in [5, 5.41) is 9.47. The van der Waals surface area contributed by atoms with Crippen molar-refractivity contribution in [2.45, 2.75) is 25.4 Å². The van der Waals surface area contributed by atoms with Crippen LogP contribution in [0.3, 0.4) is 0 Å². The molecule has 0 aliphatic carbocycles. The summed E-state index contributed by atoms with van der Waals surface area (Å²) in [6, 6.07) is 7.76. The molecule has 0 saturated carbocycles. The number of aryl methyl sites for hydroxylation is 1. The van der Waals surface area contributed by atoms with E-state index >= 15 is 0 Å². The molecule has 20 heavy (non-hydrogen) atoms. The highest BCUT2D eigenvalue weighted by atomic mass is 16.5. The van der Waals surface area contributed by atoms with Gasteiger partial charge in [-0.25, -0.2) is 4.98 Å². The number of amides is 1. The Labute approximate surface area is 116 Å². The van der Waals surface area contributed by atoms with Gasteiger partial charge < -0.3 is 10.1 Å². The number of carbonyl (C=O) groups is 1. The van der Waals surface area contributed by atoms with Gasteiger partial charge in [0.15, 0.2) is 6.10 Å². The monoisotopic (exact) mass is 272 g/mol. The Kier molecular flexibility index (Phi) is 3.62. The smallest absolute Gasteiger partial charge is 0.261 e. The van der Waals surface area contributed by atoms with E-state index in [0.717, 1.165) is 30.0 Å². The number of carbonyl (C=O) groups excluding carboxylic acids is 1. The van der Waals surface area contributed by atoms with Gasteiger partial charge >= 0.3 is 0 Å². The zero-order chi connectivity index (χ0) is 13.8. The molecule has 1 aliphatic rings. The van der Waals surface area contributed by atoms with Crippen LogP contribution in [0.15, 0.2) is 30.6 Å². The maximum Gasteiger partial charge on any atom is 0.261 e. The second kappa shape index (κ2) is 5.73. The lowest BCUT2D eigenvalue weighted by Crippen LogP contribution is -2.38. The average Bonchev–Trinajstić information content (AvgIpc) is 3.12. The predicted molar refractivity (Wildman–Crippen MR) is 72.3 cm³/mol. The topological polar surface area (TPSA) is 79.9 Å². The van der Waals surface area contributed by atoms with Gasteiger partial charge in [0.2, 0.25) is 0 Å². The predicted octanol–water partition coefficient (Wildman–Crippen LogP) is 0.857. The van der Waals surface area contributed by atoms with Crippen LogP contribution >= 0.6 is 0 Å². The lowest BCUT2D eigenvalue weighted by atomic mass is 10.1. The summed E-state index contributed by atoms with van der Waals surface area (Å²) in [5.74, 6) is 1.59. The summed E-state index contributed by atoms with van der Waals surface area (Å²) in [4.78, 5) is 16.0. The highest BCUT2D eigenvalue weighted by molar-refractivity contribution is 5.82. The molecule has 1 unspecified atom stereocenters. The first-order valence-electron chi connectivity index (χ1n) is 6.69. The fourth-order valence-electron chi connectivity index (χ4n) is 2.26. The van der Waals surface area contributed by atoms with Gasteiger partial charge in [-0.2, -0.15) is 5.10 Å². The summed E-state index contributed by atoms with van der Waals surface area (Å²) in [6.45, 7) is 0.607. The number of benzene rings is 1. The number of nitrogens with one attached hydrogen (secondary N) is 2. The Morgan fingerprint density at radius 3 is 3.15 bits per heavy atom. The minimum Gasteiger partial charge on any atom is -0.480 e. The first-order chi connectivity index (χ1) is 9.83. The van der Waals surface area contributed by atoms with Gasteiger partial charge in [-0.3, -0.25) is 9.89 Å². The Morgan fingerprint density at radius 1 is 1.45 bits per heavy atom. The third-order valence-corrected chi connectivity index (χ3v) is 3.29. The molecule has 0 bridgehead atoms. The van der Waals surface area contributed by atoms with Crippen LogP contribution in [0, 0.1) is 0 Å². The van der Waals surface area contributed by atoms with E-state index in [9.17, 15) is 4.79 Å². The van der Waals surface area contributed by atoms with Crippen LogP contribution in [-0.2, 0) is 17.6 Å². The van der Waals surface area contributed by atoms with E-state index in [1.54, 1.807) is 0 Å². The molecule has 1 aromatic heterocycles. The fourth-order valence-corrected chi connectivity index (χ4v) is 2.26. The molecule has 2 aromatic rings. The lowest BCUT2D eigenvalue weighted by Gasteiger charge is -2.10. The normalized spacial score (nSPS) is 16.5. The van der Waals surface area contributed by atoms with Gasteiger partial charge in [-0.1, -0.05) is 18.2 Å². The van der Waals surface area contributed by atoms with Gasteiger partial charge in [-0.05, 0) is 18.1 Å². The minimum absolute atomic E-state index is 0.0567. The van der Waals surface area contributed by atoms with Gasteiger partial charge in [0.05, 0.1) is 0 Å². The van der Waals surface area contributed by atoms with E-state index < -0.39 is 6.10 Å². The summed E-state index contributed by atoms with van der Waals surface area (Å²) in [7, 11) is 0. The third kappa shape index (κ3) is 2.79. The van der Waals surface area contributed by atoms with Gasteiger partial charge in [0.1, 0.15) is 17.9 Å². The van der Waals surface area contributed by atoms with Crippen molar-refractivity contribution in [2.75, 3.05) is 6.54 Å². The molecule has 1 atom stereocenters. The van der Waals surface area contributed by atoms with Crippen LogP contribution < -0.4 is 10.1 Å². The van der Waals surface area contributed by atoms with E-state index in [1.165, 1.54) is 6.33 Å². The molecule has 3 rings (SSSR count). The van der Waals surface area contributed by atoms with Gasteiger partial charge in [-0.15, -0.1) is 0 Å². The number of hydrogen-bond donors (Lipinski definition) is 2. The third-order valence-electron chi connectivity index (χ3n) is 3.29. The molecule has 6 nitrogen and oxygen atoms in total. The maximum absolute atomic E-state index is 12.0. The highest BCUT2D eigenvalue weighted by Crippen LogP contribution is 2.27. The van der Waals surface area contributed by atoms with Crippen molar-refractivity contribution in [3.05, 3.63) is 42.0 Å². The van der Waals surface area contributed by atoms with Crippen LogP contribution in [-0.4, -0.2) is 33.7 Å². The van der Waals surface area contributed by atoms with E-state index in [4.69, 9.17) is 4.74 Å². The van der Waals surface area contributed by atoms with E-state index in [-0.39, 0.29) is 5.91 Å². The van der Waals surface area contributed by atoms with Crippen molar-refractivity contribution in [3.8, 4) is 5.75 Å². The Hall–Kier alpha value is -2.37. The van der Waals surface area contributed by atoms with Crippen LogP contribution in [0.25, 0.3) is 0 Å². The Morgan fingerprint density at radius 2 is 2.35 bits per heavy atom. The number of aromatic amines is 1. The molecule has 0 fully saturated rings. The first-order valence-corrected chi connectivity index (χ1v) is 6.69. The number of ether oxygens (including phenoxy) is 1. The molecular weight excluding hydrogens is 256 g/mol. The van der Waals surface area contributed by atoms with Gasteiger partial charge in [0, 0.05) is 19.4 Å². The molecule has 0 saturated heterocycles. The molecule has 1 amide bonds. The van der Waals surface area contributed by atoms with Crippen molar-refractivity contribution in [3.63, 3.8) is 0 Å². The molecule has 2 N–H and O–H groups in total. The maximum atomic E-state index is 12.0. The molecule has 6 heteroatoms. The standard InChI is InChI=1S/C14H16N4O2/c19-14(15-7-3-6-13-16-9-17-18-13)12-8-10-4-1-2-5-11(10)20-12/h1-2,4-5,9,12H,3,6-8H2,(H,15,19)(H,16,17,18). The van der Waals surface area contributed by atoms with Crippen LogP contribution in [0.4, 0.5) is 0 Å². The number of hydrogen-bond acceptors (Lipinski definition) is 4. The van der Waals surface area contributed by atoms with Crippen molar-refractivity contribution in [1.82, 2.24) is 20.5 Å². The molecule has 0 radical (unpaired) electrons. The minimum atomic E-state index is -0.405. The number of nitrogens with zero attached hydrogens (tertiary/aromatic N) is 2. The zero-order valence-corrected chi connectivity index (χ0v) is 11.0. The molecule has 1 aliphatic heterocycles. The van der Waals surface area contributed by atoms with Crippen LogP contribution in [0.2, 0.25) is 0 Å². The van der Waals surface area contributed by atoms with Crippen LogP contribution in [0.1, 0.15) is 17.8 Å². The van der Waals surface area contributed by atoms with Gasteiger partial charge in [0.25, 0.3) is 5.91 Å². The summed E-state index contributed by atoms with van der Waals surface area (Å²) in [6.07, 6.45) is 3.31. The number of aromatic nitrogens is 3. The molecule has 1 aromatic carbocycles. The number of H-pyrrole nitrogens is 1. The Bertz CT molecular complexity index is 558. The molecule has 104 valence electrons. The summed E-state index contributed by atoms with van der Waals surface area (Å²) < 4.78 is 5.63. The second-order valence-corrected chi connectivity index (χ2v) is 4.75. The number of fused-ring (bicyclic) bond motifs is 1. The lowest BCUT2D eigenvalue weighted by molar-refractivity contribution is -0.127. The summed E-state index contributed by atoms with van der Waals surface area (Å²) >= 11 is 0. The fraction of sp³-hybridized carbons (Fsp3) is 0.357. The Balaban J connectivity index is 1.42. The number of rotatable bonds is 5. The second-order valence-electron chi connectivity index (χ2n) is 4.75. The largest absolute Gasteiger partial charge is 0.480 e. The van der Waals surface area contributed by atoms with E-state index in [2.05, 4.69) is 20.5 Å². The first kappa shape index (κ1) is 12.7. The number of para-hydroxylation sites is 1. The molecule has 0 spiro atoms. The van der Waals surface area contributed by atoms with Crippen molar-refractivity contribution >= 4 is 5.91 Å². The highest BCUT2D eigenvalue weighted by Gasteiger charge is 2.28. The van der Waals surface area contributed by atoms with E-state index in [1.807, 2.05) is 24.3 Å². The quantitative estimate of drug-likeness (QED) is 0.791. The van der Waals surface area contributed by atoms with E-state index in [0.29, 0.717) is 13.0 Å². The molecular formula is C14H16N4O2.